The number of aromatic nitrogens is 3. The number of nitrogens with zero attached hydrogens (tertiary/aromatic N) is 3. The van der Waals surface area contributed by atoms with Crippen molar-refractivity contribution in [1.82, 2.24) is 15.0 Å². The van der Waals surface area contributed by atoms with Crippen LogP contribution in [-0.2, 0) is 11.2 Å². The minimum atomic E-state index is 0.0215. The van der Waals surface area contributed by atoms with Crippen LogP contribution in [0.3, 0.4) is 0 Å². The minimum absolute atomic E-state index is 0.0215. The number of rotatable bonds is 5. The summed E-state index contributed by atoms with van der Waals surface area (Å²) in [6.07, 6.45) is 6.56. The van der Waals surface area contributed by atoms with Crippen molar-refractivity contribution in [1.29, 1.82) is 0 Å². The van der Waals surface area contributed by atoms with Gasteiger partial charge in [-0.15, -0.1) is 0 Å². The summed E-state index contributed by atoms with van der Waals surface area (Å²) in [5.74, 6) is 0.238. The van der Waals surface area contributed by atoms with E-state index in [1.54, 1.807) is 6.20 Å². The van der Waals surface area contributed by atoms with Crippen LogP contribution in [0.1, 0.15) is 32.3 Å². The lowest BCUT2D eigenvalue weighted by Gasteiger charge is -2.18. The fraction of sp³-hybridized carbons (Fsp3) is 0.381. The van der Waals surface area contributed by atoms with E-state index >= 15 is 0 Å². The number of hydrogen-bond acceptors (Lipinski definition) is 4. The lowest BCUT2D eigenvalue weighted by atomic mass is 10.0. The van der Waals surface area contributed by atoms with Crippen molar-refractivity contribution in [2.24, 2.45) is 5.92 Å². The van der Waals surface area contributed by atoms with Gasteiger partial charge in [-0.3, -0.25) is 4.79 Å². The third-order valence-electron chi connectivity index (χ3n) is 5.08. The highest BCUT2D eigenvalue weighted by atomic mass is 16.1. The molecule has 1 saturated heterocycles. The van der Waals surface area contributed by atoms with Gasteiger partial charge in [0.15, 0.2) is 5.65 Å². The van der Waals surface area contributed by atoms with E-state index < -0.39 is 0 Å². The van der Waals surface area contributed by atoms with Crippen molar-refractivity contribution in [2.75, 3.05) is 18.0 Å². The summed E-state index contributed by atoms with van der Waals surface area (Å²) in [6, 6.07) is 8.49. The first-order valence-electron chi connectivity index (χ1n) is 9.33. The van der Waals surface area contributed by atoms with Crippen molar-refractivity contribution in [3.05, 3.63) is 42.2 Å². The molecule has 134 valence electrons. The van der Waals surface area contributed by atoms with Crippen molar-refractivity contribution < 1.29 is 4.79 Å². The van der Waals surface area contributed by atoms with Gasteiger partial charge in [0.1, 0.15) is 11.3 Å². The molecule has 0 radical (unpaired) electrons. The summed E-state index contributed by atoms with van der Waals surface area (Å²) in [5, 5.41) is 0. The maximum absolute atomic E-state index is 12.1. The number of aromatic amines is 1. The van der Waals surface area contributed by atoms with Gasteiger partial charge in [-0.1, -0.05) is 26.0 Å². The number of H-pyrrole nitrogens is 1. The number of carbonyl (C=O) groups excluding carboxylic acids is 1. The Morgan fingerprint density at radius 1 is 1.27 bits per heavy atom. The lowest BCUT2D eigenvalue weighted by Crippen LogP contribution is -2.17. The highest BCUT2D eigenvalue weighted by Gasteiger charge is 2.16. The maximum Gasteiger partial charge on any atom is 0.156 e. The molecule has 26 heavy (non-hydrogen) atoms. The molecule has 1 N–H and O–H groups in total. The molecule has 0 unspecified atom stereocenters. The molecule has 4 rings (SSSR count). The average Bonchev–Trinajstić information content (AvgIpc) is 3.32. The monoisotopic (exact) mass is 348 g/mol. The Labute approximate surface area is 153 Å². The lowest BCUT2D eigenvalue weighted by molar-refractivity contribution is -0.121. The summed E-state index contributed by atoms with van der Waals surface area (Å²) < 4.78 is 0. The van der Waals surface area contributed by atoms with Gasteiger partial charge < -0.3 is 9.88 Å². The highest BCUT2D eigenvalue weighted by Crippen LogP contribution is 2.27. The van der Waals surface area contributed by atoms with Gasteiger partial charge in [0.25, 0.3) is 0 Å². The summed E-state index contributed by atoms with van der Waals surface area (Å²) in [7, 11) is 0. The number of nitrogens with one attached hydrogen (secondary N) is 1. The molecule has 3 aromatic rings. The van der Waals surface area contributed by atoms with Gasteiger partial charge >= 0.3 is 0 Å². The fourth-order valence-corrected chi connectivity index (χ4v) is 3.45. The van der Waals surface area contributed by atoms with Crippen LogP contribution >= 0.6 is 0 Å². The standard InChI is InChI=1S/C21H24N4O/c1-14(2)19(26)11-16-12-22-21-20(16)24-18(13-23-21)15-6-5-7-17(10-15)25-8-3-4-9-25/h5-7,10,12-14H,3-4,8-9,11H2,1-2H3,(H,22,23). The number of anilines is 1. The van der Waals surface area contributed by atoms with Crippen molar-refractivity contribution >= 4 is 22.6 Å². The maximum atomic E-state index is 12.1. The van der Waals surface area contributed by atoms with Crippen LogP contribution in [0.15, 0.2) is 36.7 Å². The molecule has 0 aliphatic carbocycles. The first-order chi connectivity index (χ1) is 12.6. The van der Waals surface area contributed by atoms with E-state index in [1.807, 2.05) is 20.0 Å². The Hall–Kier alpha value is -2.69. The van der Waals surface area contributed by atoms with Gasteiger partial charge in [0.2, 0.25) is 0 Å². The van der Waals surface area contributed by atoms with Crippen LogP contribution in [0.25, 0.3) is 22.4 Å². The molecule has 3 heterocycles. The SMILES string of the molecule is CC(C)C(=O)Cc1c[nH]c2ncc(-c3cccc(N4CCCC4)c3)nc12. The number of ketones is 1. The van der Waals surface area contributed by atoms with Gasteiger partial charge in [-0.2, -0.15) is 0 Å². The van der Waals surface area contributed by atoms with E-state index in [0.717, 1.165) is 41.1 Å². The molecule has 5 heteroatoms. The second kappa shape index (κ2) is 6.90. The third kappa shape index (κ3) is 3.21. The number of fused-ring (bicyclic) bond motifs is 1. The van der Waals surface area contributed by atoms with Gasteiger partial charge in [0, 0.05) is 48.4 Å². The average molecular weight is 348 g/mol. The largest absolute Gasteiger partial charge is 0.372 e. The normalized spacial score (nSPS) is 14.5. The number of Topliss-reactive ketones (excluding diaryl/α,β-unsaturated/α-hetero) is 1. The van der Waals surface area contributed by atoms with Crippen LogP contribution in [0.2, 0.25) is 0 Å². The highest BCUT2D eigenvalue weighted by molar-refractivity contribution is 5.88. The van der Waals surface area contributed by atoms with Crippen LogP contribution in [0.5, 0.6) is 0 Å². The Balaban J connectivity index is 1.68. The molecule has 0 spiro atoms. The Morgan fingerprint density at radius 2 is 2.08 bits per heavy atom. The zero-order valence-corrected chi connectivity index (χ0v) is 15.3. The Morgan fingerprint density at radius 3 is 2.85 bits per heavy atom. The third-order valence-corrected chi connectivity index (χ3v) is 5.08. The molecule has 1 aromatic carbocycles. The van der Waals surface area contributed by atoms with E-state index in [1.165, 1.54) is 18.5 Å². The molecule has 1 aliphatic rings. The molecule has 0 saturated carbocycles. The molecule has 2 aromatic heterocycles. The number of benzene rings is 1. The Kier molecular flexibility index (Phi) is 4.45. The second-order valence-electron chi connectivity index (χ2n) is 7.31. The molecule has 5 nitrogen and oxygen atoms in total. The number of hydrogen-bond donors (Lipinski definition) is 1. The molecule has 0 amide bonds. The van der Waals surface area contributed by atoms with Crippen LogP contribution in [-0.4, -0.2) is 33.8 Å². The molecule has 1 aliphatic heterocycles. The quantitative estimate of drug-likeness (QED) is 0.757. The summed E-state index contributed by atoms with van der Waals surface area (Å²) in [4.78, 5) is 27.0. The van der Waals surface area contributed by atoms with E-state index in [2.05, 4.69) is 39.1 Å². The predicted molar refractivity (Wildman–Crippen MR) is 104 cm³/mol. The first-order valence-corrected chi connectivity index (χ1v) is 9.33. The molecular weight excluding hydrogens is 324 g/mol. The fourth-order valence-electron chi connectivity index (χ4n) is 3.45. The van der Waals surface area contributed by atoms with E-state index in [0.29, 0.717) is 6.42 Å². The first kappa shape index (κ1) is 16.8. The van der Waals surface area contributed by atoms with Crippen molar-refractivity contribution in [3.8, 4) is 11.3 Å². The topological polar surface area (TPSA) is 61.9 Å². The van der Waals surface area contributed by atoms with Crippen LogP contribution in [0, 0.1) is 5.92 Å². The van der Waals surface area contributed by atoms with E-state index in [9.17, 15) is 4.79 Å². The van der Waals surface area contributed by atoms with Gasteiger partial charge in [-0.25, -0.2) is 9.97 Å². The van der Waals surface area contributed by atoms with E-state index in [4.69, 9.17) is 4.98 Å². The summed E-state index contributed by atoms with van der Waals surface area (Å²) in [6.45, 7) is 6.09. The number of carbonyl (C=O) groups is 1. The summed E-state index contributed by atoms with van der Waals surface area (Å²) in [5.41, 5.74) is 5.59. The molecular formula is C21H24N4O. The molecule has 0 bridgehead atoms. The Bertz CT molecular complexity index is 938. The smallest absolute Gasteiger partial charge is 0.156 e. The van der Waals surface area contributed by atoms with Crippen LogP contribution < -0.4 is 4.90 Å². The minimum Gasteiger partial charge on any atom is -0.372 e. The van der Waals surface area contributed by atoms with E-state index in [-0.39, 0.29) is 11.7 Å². The van der Waals surface area contributed by atoms with Crippen molar-refractivity contribution in [2.45, 2.75) is 33.1 Å². The molecule has 0 atom stereocenters. The summed E-state index contributed by atoms with van der Waals surface area (Å²) >= 11 is 0. The van der Waals surface area contributed by atoms with Gasteiger partial charge in [-0.05, 0) is 25.0 Å². The van der Waals surface area contributed by atoms with Crippen molar-refractivity contribution in [3.63, 3.8) is 0 Å². The second-order valence-corrected chi connectivity index (χ2v) is 7.31. The van der Waals surface area contributed by atoms with Crippen LogP contribution in [0.4, 0.5) is 5.69 Å². The predicted octanol–water partition coefficient (Wildman–Crippen LogP) is 3.99. The zero-order valence-electron chi connectivity index (χ0n) is 15.3. The molecule has 1 fully saturated rings. The zero-order chi connectivity index (χ0) is 18.1. The van der Waals surface area contributed by atoms with Gasteiger partial charge in [0.05, 0.1) is 11.9 Å².